The number of carbonyl (C=O) groups excluding carboxylic acids is 2. The van der Waals surface area contributed by atoms with Gasteiger partial charge in [-0.15, -0.1) is 0 Å². The number of aryl methyl sites for hydroxylation is 1. The molecule has 1 N–H and O–H groups in total. The Kier molecular flexibility index (Phi) is 5.86. The summed E-state index contributed by atoms with van der Waals surface area (Å²) in [5.41, 5.74) is -1.74. The maximum atomic E-state index is 13.9. The molecule has 1 aromatic heterocycles. The number of fused-ring (bicyclic) bond motifs is 2. The fourth-order valence-corrected chi connectivity index (χ4v) is 4.73. The lowest BCUT2D eigenvalue weighted by Crippen LogP contribution is -2.52. The number of amides is 1. The van der Waals surface area contributed by atoms with Crippen molar-refractivity contribution in [3.8, 4) is 5.75 Å². The van der Waals surface area contributed by atoms with Gasteiger partial charge >= 0.3 is 0 Å². The van der Waals surface area contributed by atoms with Gasteiger partial charge in [-0.05, 0) is 38.3 Å². The molecule has 2 aliphatic rings. The molecule has 33 heavy (non-hydrogen) atoms. The molecule has 1 amide bonds. The number of hydrogen-bond donors (Lipinski definition) is 1. The van der Waals surface area contributed by atoms with Crippen molar-refractivity contribution >= 4 is 11.7 Å². The van der Waals surface area contributed by atoms with E-state index in [2.05, 4.69) is 0 Å². The third kappa shape index (κ3) is 3.84. The molecule has 9 heteroatoms. The number of Topliss-reactive ketones (excluding diaryl/α,β-unsaturated/α-hetero) is 1. The fourth-order valence-electron chi connectivity index (χ4n) is 4.73. The van der Waals surface area contributed by atoms with Crippen LogP contribution in [0.25, 0.3) is 0 Å². The van der Waals surface area contributed by atoms with Crippen LogP contribution in [-0.2, 0) is 16.7 Å². The van der Waals surface area contributed by atoms with Gasteiger partial charge < -0.3 is 19.3 Å². The average molecular weight is 460 g/mol. The Morgan fingerprint density at radius 1 is 1.30 bits per heavy atom. The minimum Gasteiger partial charge on any atom is -0.503 e. The summed E-state index contributed by atoms with van der Waals surface area (Å²) in [6, 6.07) is 2.94. The summed E-state index contributed by atoms with van der Waals surface area (Å²) < 4.78 is 33.9. The Labute approximate surface area is 189 Å². The highest BCUT2D eigenvalue weighted by atomic mass is 19.1. The number of nitrogens with zero attached hydrogens (tertiary/aromatic N) is 2. The minimum atomic E-state index is -0.927. The summed E-state index contributed by atoms with van der Waals surface area (Å²) in [6.07, 6.45) is 1.77. The van der Waals surface area contributed by atoms with E-state index in [4.69, 9.17) is 4.74 Å². The Balaban J connectivity index is 1.72. The van der Waals surface area contributed by atoms with Crippen LogP contribution in [-0.4, -0.2) is 52.6 Å². The Morgan fingerprint density at radius 2 is 2.03 bits per heavy atom. The number of aromatic nitrogens is 1. The van der Waals surface area contributed by atoms with Crippen LogP contribution < -0.4 is 5.43 Å². The number of pyridine rings is 1. The van der Waals surface area contributed by atoms with Gasteiger partial charge in [-0.3, -0.25) is 14.4 Å². The van der Waals surface area contributed by atoms with Crippen LogP contribution in [0.1, 0.15) is 53.1 Å². The topological polar surface area (TPSA) is 88.8 Å². The monoisotopic (exact) mass is 460 g/mol. The van der Waals surface area contributed by atoms with E-state index in [0.29, 0.717) is 19.6 Å². The molecule has 4 rings (SSSR count). The summed E-state index contributed by atoms with van der Waals surface area (Å²) in [7, 11) is 1.58. The molecule has 1 aromatic carbocycles. The lowest BCUT2D eigenvalue weighted by molar-refractivity contribution is 0.0543. The Morgan fingerprint density at radius 3 is 2.67 bits per heavy atom. The van der Waals surface area contributed by atoms with Gasteiger partial charge in [-0.1, -0.05) is 6.07 Å². The van der Waals surface area contributed by atoms with E-state index in [0.717, 1.165) is 12.1 Å². The Hall–Kier alpha value is -3.07. The number of methoxy groups -OCH3 is 1. The molecule has 2 heterocycles. The highest BCUT2D eigenvalue weighted by Crippen LogP contribution is 2.54. The standard InChI is InChI=1S/C24H26F2N2O5/c1-13(2)27-12-24(9-15(24)11-33-3)28-10-17(21(30)22(31)20(28)23(27)32)19(29)7-5-14-4-6-16(25)8-18(14)26/h4,6,8,10,13,15,31H,5,7,9,11-12H2,1-3H3. The molecule has 2 unspecified atom stereocenters. The van der Waals surface area contributed by atoms with Gasteiger partial charge in [-0.2, -0.15) is 0 Å². The van der Waals surface area contributed by atoms with Crippen molar-refractivity contribution in [2.75, 3.05) is 20.3 Å². The molecule has 2 atom stereocenters. The normalized spacial score (nSPS) is 21.6. The highest BCUT2D eigenvalue weighted by molar-refractivity contribution is 6.00. The predicted molar refractivity (Wildman–Crippen MR) is 116 cm³/mol. The van der Waals surface area contributed by atoms with E-state index in [9.17, 15) is 28.3 Å². The van der Waals surface area contributed by atoms with Crippen molar-refractivity contribution < 1.29 is 28.2 Å². The van der Waals surface area contributed by atoms with Gasteiger partial charge in [0.1, 0.15) is 11.6 Å². The zero-order chi connectivity index (χ0) is 24.1. The number of ether oxygens (including phenoxy) is 1. The van der Waals surface area contributed by atoms with Crippen LogP contribution in [0.15, 0.2) is 29.2 Å². The first-order valence-corrected chi connectivity index (χ1v) is 10.9. The second-order valence-electron chi connectivity index (χ2n) is 9.08. The molecule has 1 aliphatic heterocycles. The molecule has 176 valence electrons. The van der Waals surface area contributed by atoms with Crippen molar-refractivity contribution in [3.05, 3.63) is 63.1 Å². The van der Waals surface area contributed by atoms with Crippen LogP contribution in [0, 0.1) is 17.6 Å². The lowest BCUT2D eigenvalue weighted by atomic mass is 9.99. The predicted octanol–water partition coefficient (Wildman–Crippen LogP) is 2.87. The molecule has 0 bridgehead atoms. The maximum Gasteiger partial charge on any atom is 0.274 e. The first-order valence-electron chi connectivity index (χ1n) is 10.9. The van der Waals surface area contributed by atoms with Gasteiger partial charge in [0.25, 0.3) is 5.91 Å². The third-order valence-electron chi connectivity index (χ3n) is 6.70. The molecule has 1 spiro atoms. The van der Waals surface area contributed by atoms with Crippen LogP contribution in [0.4, 0.5) is 8.78 Å². The summed E-state index contributed by atoms with van der Waals surface area (Å²) in [4.78, 5) is 40.5. The molecular formula is C24H26F2N2O5. The van der Waals surface area contributed by atoms with E-state index >= 15 is 0 Å². The third-order valence-corrected chi connectivity index (χ3v) is 6.70. The van der Waals surface area contributed by atoms with Crippen LogP contribution in [0.3, 0.4) is 0 Å². The number of halogens is 2. The number of carbonyl (C=O) groups is 2. The zero-order valence-corrected chi connectivity index (χ0v) is 18.7. The van der Waals surface area contributed by atoms with E-state index < -0.39 is 40.0 Å². The smallest absolute Gasteiger partial charge is 0.274 e. The van der Waals surface area contributed by atoms with Gasteiger partial charge in [0.2, 0.25) is 5.43 Å². The highest BCUT2D eigenvalue weighted by Gasteiger charge is 2.60. The second-order valence-corrected chi connectivity index (χ2v) is 9.08. The van der Waals surface area contributed by atoms with Crippen molar-refractivity contribution in [1.29, 1.82) is 0 Å². The largest absolute Gasteiger partial charge is 0.503 e. The molecule has 1 fully saturated rings. The van der Waals surface area contributed by atoms with E-state index in [1.54, 1.807) is 16.6 Å². The molecule has 2 aromatic rings. The summed E-state index contributed by atoms with van der Waals surface area (Å²) >= 11 is 0. The molecule has 7 nitrogen and oxygen atoms in total. The molecule has 1 saturated carbocycles. The number of aromatic hydroxyl groups is 1. The van der Waals surface area contributed by atoms with Crippen molar-refractivity contribution in [2.24, 2.45) is 5.92 Å². The Bertz CT molecular complexity index is 1190. The number of benzene rings is 1. The second kappa shape index (κ2) is 8.37. The first kappa shape index (κ1) is 23.1. The van der Waals surface area contributed by atoms with E-state index in [1.165, 1.54) is 12.3 Å². The first-order chi connectivity index (χ1) is 15.6. The van der Waals surface area contributed by atoms with Crippen LogP contribution in [0.2, 0.25) is 0 Å². The van der Waals surface area contributed by atoms with Gasteiger partial charge in [-0.25, -0.2) is 8.78 Å². The van der Waals surface area contributed by atoms with Crippen molar-refractivity contribution in [3.63, 3.8) is 0 Å². The summed E-state index contributed by atoms with van der Waals surface area (Å²) in [6.45, 7) is 4.52. The van der Waals surface area contributed by atoms with Gasteiger partial charge in [0, 0.05) is 44.3 Å². The average Bonchev–Trinajstić information content (AvgIpc) is 3.44. The molecule has 0 radical (unpaired) electrons. The SMILES string of the molecule is COCC1CC12CN(C(C)C)C(=O)c1c(O)c(=O)c(C(=O)CCc3ccc(F)cc3F)cn12. The number of rotatable bonds is 7. The number of hydrogen-bond acceptors (Lipinski definition) is 5. The van der Waals surface area contributed by atoms with Crippen LogP contribution >= 0.6 is 0 Å². The quantitative estimate of drug-likeness (QED) is 0.642. The lowest BCUT2D eigenvalue weighted by Gasteiger charge is -2.39. The minimum absolute atomic E-state index is 0.0373. The van der Waals surface area contributed by atoms with E-state index in [-0.39, 0.29) is 41.6 Å². The fraction of sp³-hybridized carbons (Fsp3) is 0.458. The van der Waals surface area contributed by atoms with Gasteiger partial charge in [0.15, 0.2) is 17.2 Å². The zero-order valence-electron chi connectivity index (χ0n) is 18.7. The number of ketones is 1. The summed E-state index contributed by atoms with van der Waals surface area (Å²) in [5.74, 6) is -3.26. The molecule has 1 aliphatic carbocycles. The maximum absolute atomic E-state index is 13.9. The van der Waals surface area contributed by atoms with Gasteiger partial charge in [0.05, 0.1) is 17.7 Å². The molecular weight excluding hydrogens is 434 g/mol. The van der Waals surface area contributed by atoms with E-state index in [1.807, 2.05) is 13.8 Å². The van der Waals surface area contributed by atoms with Crippen molar-refractivity contribution in [1.82, 2.24) is 9.47 Å². The summed E-state index contributed by atoms with van der Waals surface area (Å²) in [5, 5.41) is 10.7. The van der Waals surface area contributed by atoms with Crippen molar-refractivity contribution in [2.45, 2.75) is 44.7 Å². The van der Waals surface area contributed by atoms with Crippen LogP contribution in [0.5, 0.6) is 5.75 Å². The molecule has 0 saturated heterocycles.